The van der Waals surface area contributed by atoms with Crippen LogP contribution in [-0.2, 0) is 0 Å². The number of thiophene rings is 1. The Hall–Kier alpha value is -1.37. The Labute approximate surface area is 162 Å². The summed E-state index contributed by atoms with van der Waals surface area (Å²) < 4.78 is 19.9. The molecular formula is C19H22ClFN2O2S. The van der Waals surface area contributed by atoms with Crippen molar-refractivity contribution in [1.82, 2.24) is 10.2 Å². The van der Waals surface area contributed by atoms with Crippen LogP contribution in [0.1, 0.15) is 35.4 Å². The number of carbonyl (C=O) groups is 1. The number of hydrogen-bond donors (Lipinski definition) is 1. The molecule has 4 fully saturated rings. The number of benzene rings is 1. The highest BCUT2D eigenvalue weighted by Gasteiger charge is 2.60. The number of ether oxygens (including phenoxy) is 1. The fraction of sp³-hybridized carbons (Fsp3) is 0.526. The average Bonchev–Trinajstić information content (AvgIpc) is 3.28. The van der Waals surface area contributed by atoms with Gasteiger partial charge in [-0.3, -0.25) is 9.69 Å². The lowest BCUT2D eigenvalue weighted by Crippen LogP contribution is -2.65. The Bertz CT molecular complexity index is 859. The molecule has 3 aliphatic heterocycles. The molecule has 6 rings (SSSR count). The maximum atomic E-state index is 14.4. The van der Waals surface area contributed by atoms with Crippen LogP contribution in [0.2, 0.25) is 0 Å². The molecule has 26 heavy (non-hydrogen) atoms. The van der Waals surface area contributed by atoms with Crippen molar-refractivity contribution in [2.45, 2.75) is 37.3 Å². The van der Waals surface area contributed by atoms with Crippen molar-refractivity contribution in [3.8, 4) is 5.75 Å². The van der Waals surface area contributed by atoms with E-state index in [1.807, 2.05) is 0 Å². The lowest BCUT2D eigenvalue weighted by molar-refractivity contribution is -0.00138. The number of amides is 1. The van der Waals surface area contributed by atoms with Gasteiger partial charge < -0.3 is 10.1 Å². The summed E-state index contributed by atoms with van der Waals surface area (Å²) in [5, 5.41) is 4.06. The van der Waals surface area contributed by atoms with Crippen LogP contribution < -0.4 is 10.1 Å². The maximum absolute atomic E-state index is 14.4. The van der Waals surface area contributed by atoms with Crippen LogP contribution in [0.15, 0.2) is 18.2 Å². The van der Waals surface area contributed by atoms with Crippen LogP contribution in [0.25, 0.3) is 10.1 Å². The number of nitrogens with zero attached hydrogens (tertiary/aromatic N) is 1. The summed E-state index contributed by atoms with van der Waals surface area (Å²) in [5.41, 5.74) is 0.210. The lowest BCUT2D eigenvalue weighted by atomic mass is 9.77. The van der Waals surface area contributed by atoms with Gasteiger partial charge >= 0.3 is 0 Å². The number of halogens is 2. The molecule has 2 aromatic rings. The van der Waals surface area contributed by atoms with Crippen LogP contribution in [0.3, 0.4) is 0 Å². The molecule has 3 saturated heterocycles. The van der Waals surface area contributed by atoms with E-state index in [0.29, 0.717) is 15.5 Å². The minimum absolute atomic E-state index is 0. The second kappa shape index (κ2) is 6.36. The molecular weight excluding hydrogens is 375 g/mol. The van der Waals surface area contributed by atoms with E-state index in [1.165, 1.54) is 57.2 Å². The molecule has 2 bridgehead atoms. The average molecular weight is 397 g/mol. The molecule has 1 spiro atoms. The lowest BCUT2D eigenvalue weighted by Gasteiger charge is -2.52. The predicted molar refractivity (Wildman–Crippen MR) is 103 cm³/mol. The Morgan fingerprint density at radius 2 is 2.08 bits per heavy atom. The van der Waals surface area contributed by atoms with Gasteiger partial charge in [0.25, 0.3) is 5.91 Å². The first kappa shape index (κ1) is 18.0. The van der Waals surface area contributed by atoms with Gasteiger partial charge in [0.2, 0.25) is 0 Å². The standard InChI is InChI=1S/C19H21FN2O2S.ClH/c1-24-13-3-2-12-10-14(25-16(12)15(13)20)18(23)21-17-11-4-8-22(9-5-11)19(17)6-7-19;/h2-3,10-11,17H,4-9H2,1H3,(H,21,23);1H/t17-;/m1./s1. The zero-order valence-corrected chi connectivity index (χ0v) is 16.2. The number of carbonyl (C=O) groups excluding carboxylic acids is 1. The third-order valence-corrected chi connectivity index (χ3v) is 7.45. The zero-order chi connectivity index (χ0) is 17.2. The molecule has 4 nitrogen and oxygen atoms in total. The van der Waals surface area contributed by atoms with Gasteiger partial charge in [-0.15, -0.1) is 23.7 Å². The molecule has 7 heteroatoms. The van der Waals surface area contributed by atoms with Crippen molar-refractivity contribution in [2.75, 3.05) is 20.2 Å². The third-order valence-electron chi connectivity index (χ3n) is 6.30. The van der Waals surface area contributed by atoms with Gasteiger partial charge in [0.15, 0.2) is 11.6 Å². The highest BCUT2D eigenvalue weighted by atomic mass is 35.5. The summed E-state index contributed by atoms with van der Waals surface area (Å²) in [6.07, 6.45) is 4.72. The first-order valence-corrected chi connectivity index (χ1v) is 9.76. The Morgan fingerprint density at radius 3 is 2.73 bits per heavy atom. The normalized spacial score (nSPS) is 28.0. The molecule has 1 atom stereocenters. The minimum atomic E-state index is -0.384. The largest absolute Gasteiger partial charge is 0.494 e. The van der Waals surface area contributed by atoms with Crippen molar-refractivity contribution < 1.29 is 13.9 Å². The first-order chi connectivity index (χ1) is 12.1. The van der Waals surface area contributed by atoms with Gasteiger partial charge in [-0.05, 0) is 68.3 Å². The smallest absolute Gasteiger partial charge is 0.261 e. The second-order valence-electron chi connectivity index (χ2n) is 7.49. The fourth-order valence-corrected chi connectivity index (χ4v) is 5.85. The molecule has 0 unspecified atom stereocenters. The number of nitrogens with one attached hydrogen (secondary N) is 1. The van der Waals surface area contributed by atoms with Crippen molar-refractivity contribution in [3.05, 3.63) is 28.9 Å². The highest BCUT2D eigenvalue weighted by molar-refractivity contribution is 7.20. The van der Waals surface area contributed by atoms with E-state index in [4.69, 9.17) is 4.74 Å². The summed E-state index contributed by atoms with van der Waals surface area (Å²) in [4.78, 5) is 16.0. The topological polar surface area (TPSA) is 41.6 Å². The van der Waals surface area contributed by atoms with Gasteiger partial charge in [-0.2, -0.15) is 0 Å². The number of fused-ring (bicyclic) bond motifs is 3. The Balaban J connectivity index is 0.00000168. The molecule has 4 aliphatic rings. The van der Waals surface area contributed by atoms with Gasteiger partial charge in [0, 0.05) is 5.54 Å². The quantitative estimate of drug-likeness (QED) is 0.857. The van der Waals surface area contributed by atoms with E-state index in [0.717, 1.165) is 5.39 Å². The molecule has 0 radical (unpaired) electrons. The van der Waals surface area contributed by atoms with E-state index < -0.39 is 0 Å². The van der Waals surface area contributed by atoms with Crippen molar-refractivity contribution in [3.63, 3.8) is 0 Å². The molecule has 1 aromatic heterocycles. The van der Waals surface area contributed by atoms with Gasteiger partial charge in [-0.1, -0.05) is 0 Å². The highest BCUT2D eigenvalue weighted by Crippen LogP contribution is 2.53. The fourth-order valence-electron chi connectivity index (χ4n) is 4.85. The molecule has 4 heterocycles. The molecule has 1 amide bonds. The van der Waals surface area contributed by atoms with Crippen LogP contribution in [0, 0.1) is 11.7 Å². The van der Waals surface area contributed by atoms with E-state index in [9.17, 15) is 9.18 Å². The summed E-state index contributed by atoms with van der Waals surface area (Å²) >= 11 is 1.21. The SMILES string of the molecule is COc1ccc2cc(C(=O)N[C@@H]3C4CCN(CC4)C34CC4)sc2c1F.Cl. The summed E-state index contributed by atoms with van der Waals surface area (Å²) in [6.45, 7) is 2.34. The second-order valence-corrected chi connectivity index (χ2v) is 8.54. The van der Waals surface area contributed by atoms with E-state index in [-0.39, 0.29) is 41.5 Å². The van der Waals surface area contributed by atoms with Crippen LogP contribution >= 0.6 is 23.7 Å². The van der Waals surface area contributed by atoms with Crippen LogP contribution in [0.5, 0.6) is 5.75 Å². The van der Waals surface area contributed by atoms with Crippen molar-refractivity contribution in [1.29, 1.82) is 0 Å². The van der Waals surface area contributed by atoms with Gasteiger partial charge in [0.05, 0.1) is 22.7 Å². The monoisotopic (exact) mass is 396 g/mol. The van der Waals surface area contributed by atoms with Crippen LogP contribution in [-0.4, -0.2) is 42.6 Å². The van der Waals surface area contributed by atoms with E-state index >= 15 is 0 Å². The van der Waals surface area contributed by atoms with Crippen molar-refractivity contribution >= 4 is 39.7 Å². The van der Waals surface area contributed by atoms with Gasteiger partial charge in [-0.25, -0.2) is 4.39 Å². The van der Waals surface area contributed by atoms with Gasteiger partial charge in [0.1, 0.15) is 0 Å². The molecule has 1 saturated carbocycles. The van der Waals surface area contributed by atoms with Crippen LogP contribution in [0.4, 0.5) is 4.39 Å². The predicted octanol–water partition coefficient (Wildman–Crippen LogP) is 3.83. The summed E-state index contributed by atoms with van der Waals surface area (Å²) in [5.74, 6) is 0.355. The Morgan fingerprint density at radius 1 is 1.35 bits per heavy atom. The third kappa shape index (κ3) is 2.53. The minimum Gasteiger partial charge on any atom is -0.494 e. The maximum Gasteiger partial charge on any atom is 0.261 e. The van der Waals surface area contributed by atoms with E-state index in [1.54, 1.807) is 18.2 Å². The first-order valence-electron chi connectivity index (χ1n) is 8.94. The molecule has 140 valence electrons. The zero-order valence-electron chi connectivity index (χ0n) is 14.6. The number of piperidine rings is 3. The number of hydrogen-bond acceptors (Lipinski definition) is 4. The Kier molecular flexibility index (Phi) is 4.40. The molecule has 1 aromatic carbocycles. The summed E-state index contributed by atoms with van der Waals surface area (Å²) in [7, 11) is 1.45. The van der Waals surface area contributed by atoms with E-state index in [2.05, 4.69) is 10.2 Å². The molecule has 1 aliphatic carbocycles. The molecule has 1 N–H and O–H groups in total. The number of rotatable bonds is 3. The van der Waals surface area contributed by atoms with Crippen molar-refractivity contribution in [2.24, 2.45) is 5.92 Å². The number of methoxy groups -OCH3 is 1. The summed E-state index contributed by atoms with van der Waals surface area (Å²) in [6, 6.07) is 5.45.